The number of aryl methyl sites for hydroxylation is 1. The third kappa shape index (κ3) is 3.97. The van der Waals surface area contributed by atoms with Crippen molar-refractivity contribution in [2.45, 2.75) is 20.3 Å². The van der Waals surface area contributed by atoms with Crippen molar-refractivity contribution in [2.75, 3.05) is 0 Å². The van der Waals surface area contributed by atoms with Gasteiger partial charge in [-0.05, 0) is 49.2 Å². The van der Waals surface area contributed by atoms with Crippen molar-refractivity contribution in [3.8, 4) is 17.0 Å². The van der Waals surface area contributed by atoms with Crippen LogP contribution >= 0.6 is 0 Å². The fraction of sp³-hybridized carbons (Fsp3) is 0.150. The molecule has 1 amide bonds. The number of rotatable bonds is 5. The van der Waals surface area contributed by atoms with Gasteiger partial charge in [0.15, 0.2) is 0 Å². The number of nitrogens with zero attached hydrogens (tertiary/aromatic N) is 2. The number of hydrogen-bond acceptors (Lipinski definition) is 4. The Kier molecular flexibility index (Phi) is 5.12. The van der Waals surface area contributed by atoms with Crippen LogP contribution in [0.4, 0.5) is 0 Å². The van der Waals surface area contributed by atoms with Crippen molar-refractivity contribution in [1.82, 2.24) is 15.6 Å². The fourth-order valence-corrected chi connectivity index (χ4v) is 2.49. The molecule has 6 nitrogen and oxygen atoms in total. The number of carbonyl (C=O) groups excluding carboxylic acids is 1. The number of nitrogens with one attached hydrogen (secondary N) is 2. The molecule has 0 aliphatic carbocycles. The molecule has 2 aromatic carbocycles. The summed E-state index contributed by atoms with van der Waals surface area (Å²) in [4.78, 5) is 12.3. The van der Waals surface area contributed by atoms with Gasteiger partial charge >= 0.3 is 0 Å². The van der Waals surface area contributed by atoms with Gasteiger partial charge in [0.2, 0.25) is 0 Å². The number of aromatic nitrogens is 2. The first kappa shape index (κ1) is 17.4. The van der Waals surface area contributed by atoms with Gasteiger partial charge in [-0.2, -0.15) is 10.2 Å². The van der Waals surface area contributed by atoms with Crippen LogP contribution in [0, 0.1) is 6.92 Å². The van der Waals surface area contributed by atoms with E-state index in [1.54, 1.807) is 30.3 Å². The number of carbonyl (C=O) groups is 1. The summed E-state index contributed by atoms with van der Waals surface area (Å²) in [6, 6.07) is 16.3. The van der Waals surface area contributed by atoms with Crippen molar-refractivity contribution < 1.29 is 9.90 Å². The molecule has 0 aliphatic heterocycles. The largest absolute Gasteiger partial charge is 0.508 e. The predicted molar refractivity (Wildman–Crippen MR) is 101 cm³/mol. The summed E-state index contributed by atoms with van der Waals surface area (Å²) in [7, 11) is 0. The van der Waals surface area contributed by atoms with E-state index in [1.807, 2.05) is 38.1 Å². The lowest BCUT2D eigenvalue weighted by atomic mass is 10.1. The molecule has 0 saturated heterocycles. The lowest BCUT2D eigenvalue weighted by Gasteiger charge is -2.04. The van der Waals surface area contributed by atoms with Crippen LogP contribution in [-0.4, -0.2) is 26.9 Å². The van der Waals surface area contributed by atoms with Crippen LogP contribution in [-0.2, 0) is 0 Å². The van der Waals surface area contributed by atoms with Crippen LogP contribution in [0.2, 0.25) is 0 Å². The maximum Gasteiger partial charge on any atom is 0.289 e. The van der Waals surface area contributed by atoms with Gasteiger partial charge in [-0.3, -0.25) is 9.89 Å². The molecule has 0 unspecified atom stereocenters. The molecule has 1 aromatic heterocycles. The highest BCUT2D eigenvalue weighted by Gasteiger charge is 2.11. The molecule has 0 spiro atoms. The zero-order valence-electron chi connectivity index (χ0n) is 14.7. The monoisotopic (exact) mass is 348 g/mol. The van der Waals surface area contributed by atoms with Gasteiger partial charge in [-0.25, -0.2) is 5.43 Å². The highest BCUT2D eigenvalue weighted by Crippen LogP contribution is 2.18. The number of hydrazone groups is 1. The maximum absolute atomic E-state index is 12.3. The Morgan fingerprint density at radius 2 is 1.85 bits per heavy atom. The van der Waals surface area contributed by atoms with Crippen molar-refractivity contribution in [1.29, 1.82) is 0 Å². The number of hydrogen-bond donors (Lipinski definition) is 3. The first-order valence-electron chi connectivity index (χ1n) is 8.35. The molecular formula is C20H20N4O2. The molecule has 0 saturated carbocycles. The smallest absolute Gasteiger partial charge is 0.289 e. The summed E-state index contributed by atoms with van der Waals surface area (Å²) >= 11 is 0. The van der Waals surface area contributed by atoms with Gasteiger partial charge in [-0.1, -0.05) is 36.8 Å². The second-order valence-corrected chi connectivity index (χ2v) is 5.93. The molecule has 3 N–H and O–H groups in total. The lowest BCUT2D eigenvalue weighted by Crippen LogP contribution is -2.20. The third-order valence-electron chi connectivity index (χ3n) is 4.00. The van der Waals surface area contributed by atoms with E-state index in [4.69, 9.17) is 0 Å². The Labute approximate surface area is 151 Å². The molecular weight excluding hydrogens is 328 g/mol. The predicted octanol–water partition coefficient (Wildman–Crippen LogP) is 3.63. The van der Waals surface area contributed by atoms with Crippen LogP contribution in [0.25, 0.3) is 11.3 Å². The topological polar surface area (TPSA) is 90.4 Å². The first-order valence-corrected chi connectivity index (χ1v) is 8.35. The van der Waals surface area contributed by atoms with E-state index < -0.39 is 0 Å². The van der Waals surface area contributed by atoms with Crippen molar-refractivity contribution >= 4 is 11.6 Å². The van der Waals surface area contributed by atoms with E-state index in [-0.39, 0.29) is 11.7 Å². The molecule has 132 valence electrons. The van der Waals surface area contributed by atoms with E-state index >= 15 is 0 Å². The second kappa shape index (κ2) is 7.65. The molecule has 26 heavy (non-hydrogen) atoms. The SMILES string of the molecule is CC/C(=N/NC(=O)c1cc(-c2ccc(C)cc2)n[nH]1)c1ccc(O)cc1. The summed E-state index contributed by atoms with van der Waals surface area (Å²) in [5.74, 6) is -0.171. The Bertz CT molecular complexity index is 925. The minimum absolute atomic E-state index is 0.189. The Balaban J connectivity index is 1.73. The third-order valence-corrected chi connectivity index (χ3v) is 4.00. The summed E-state index contributed by atoms with van der Waals surface area (Å²) < 4.78 is 0. The normalized spacial score (nSPS) is 11.4. The van der Waals surface area contributed by atoms with Crippen LogP contribution in [0.1, 0.15) is 35.0 Å². The number of benzene rings is 2. The van der Waals surface area contributed by atoms with Crippen molar-refractivity contribution in [3.63, 3.8) is 0 Å². The number of aromatic amines is 1. The standard InChI is InChI=1S/C20H20N4O2/c1-3-17(14-8-10-16(25)11-9-14)21-24-20(26)19-12-18(22-23-19)15-6-4-13(2)5-7-15/h4-12,25H,3H2,1-2H3,(H,22,23)(H,24,26)/b21-17-. The molecule has 0 radical (unpaired) electrons. The fourth-order valence-electron chi connectivity index (χ4n) is 2.49. The second-order valence-electron chi connectivity index (χ2n) is 5.93. The van der Waals surface area contributed by atoms with E-state index in [9.17, 15) is 9.90 Å². The van der Waals surface area contributed by atoms with E-state index in [0.717, 1.165) is 22.4 Å². The summed E-state index contributed by atoms with van der Waals surface area (Å²) in [6.07, 6.45) is 0.642. The van der Waals surface area contributed by atoms with Gasteiger partial charge in [0, 0.05) is 5.56 Å². The van der Waals surface area contributed by atoms with Crippen molar-refractivity contribution in [3.05, 3.63) is 71.4 Å². The van der Waals surface area contributed by atoms with E-state index in [2.05, 4.69) is 20.7 Å². The Morgan fingerprint density at radius 3 is 2.50 bits per heavy atom. The Morgan fingerprint density at radius 1 is 1.15 bits per heavy atom. The zero-order valence-corrected chi connectivity index (χ0v) is 14.7. The highest BCUT2D eigenvalue weighted by molar-refractivity contribution is 6.02. The first-order chi connectivity index (χ1) is 12.6. The van der Waals surface area contributed by atoms with Gasteiger partial charge in [-0.15, -0.1) is 0 Å². The molecule has 3 rings (SSSR count). The lowest BCUT2D eigenvalue weighted by molar-refractivity contribution is 0.0950. The van der Waals surface area contributed by atoms with E-state index in [0.29, 0.717) is 17.8 Å². The number of amides is 1. The average molecular weight is 348 g/mol. The summed E-state index contributed by atoms with van der Waals surface area (Å²) in [5, 5.41) is 20.5. The highest BCUT2D eigenvalue weighted by atomic mass is 16.3. The summed E-state index contributed by atoms with van der Waals surface area (Å²) in [6.45, 7) is 3.97. The van der Waals surface area contributed by atoms with Gasteiger partial charge < -0.3 is 5.11 Å². The summed E-state index contributed by atoms with van der Waals surface area (Å²) in [5.41, 5.74) is 7.26. The van der Waals surface area contributed by atoms with E-state index in [1.165, 1.54) is 0 Å². The van der Waals surface area contributed by atoms with Gasteiger partial charge in [0.25, 0.3) is 5.91 Å². The number of phenolic OH excluding ortho intramolecular Hbond substituents is 1. The average Bonchev–Trinajstić information content (AvgIpc) is 3.14. The molecule has 0 aliphatic rings. The molecule has 0 atom stereocenters. The van der Waals surface area contributed by atoms with Crippen LogP contribution in [0.15, 0.2) is 59.7 Å². The Hall–Kier alpha value is -3.41. The molecule has 6 heteroatoms. The minimum Gasteiger partial charge on any atom is -0.508 e. The van der Waals surface area contributed by atoms with Crippen molar-refractivity contribution in [2.24, 2.45) is 5.10 Å². The number of aromatic hydroxyl groups is 1. The molecule has 0 bridgehead atoms. The zero-order chi connectivity index (χ0) is 18.5. The van der Waals surface area contributed by atoms with Gasteiger partial charge in [0.05, 0.1) is 11.4 Å². The molecule has 0 fully saturated rings. The number of phenols is 1. The maximum atomic E-state index is 12.3. The van der Waals surface area contributed by atoms with Crippen LogP contribution in [0.5, 0.6) is 5.75 Å². The number of H-pyrrole nitrogens is 1. The molecule has 1 heterocycles. The van der Waals surface area contributed by atoms with Crippen LogP contribution < -0.4 is 5.43 Å². The quantitative estimate of drug-likeness (QED) is 0.486. The van der Waals surface area contributed by atoms with Crippen LogP contribution in [0.3, 0.4) is 0 Å². The minimum atomic E-state index is -0.361. The van der Waals surface area contributed by atoms with Gasteiger partial charge in [0.1, 0.15) is 11.4 Å². The molecule has 3 aromatic rings.